The number of anilines is 1. The predicted octanol–water partition coefficient (Wildman–Crippen LogP) is 2.25. The normalized spacial score (nSPS) is 31.8. The van der Waals surface area contributed by atoms with Crippen molar-refractivity contribution in [1.29, 1.82) is 0 Å². The summed E-state index contributed by atoms with van der Waals surface area (Å²) in [6.45, 7) is 2.80. The molecule has 1 aromatic rings. The Balaban J connectivity index is 1.32. The highest BCUT2D eigenvalue weighted by Gasteiger charge is 2.66. The number of esters is 1. The van der Waals surface area contributed by atoms with Gasteiger partial charge in [0.1, 0.15) is 6.54 Å². The number of carbonyl (C=O) groups is 4. The largest absolute Gasteiger partial charge is 0.454 e. The zero-order valence-electron chi connectivity index (χ0n) is 16.6. The van der Waals surface area contributed by atoms with Crippen LogP contribution in [0.3, 0.4) is 0 Å². The number of fused-ring (bicyclic) bond motifs is 5. The molecule has 1 aromatic carbocycles. The first kappa shape index (κ1) is 21.1. The molecule has 2 saturated carbocycles. The number of aryl methyl sites for hydroxylation is 2. The SMILES string of the molecule is Cc1cc(C)cc(NC(=O)COC(=O)CN2C(=O)[C@@H]3[C@H]4C[C@@H]([C@H](Cl)[C@@H]4Cl)[C@@H]3C2=O)c1. The van der Waals surface area contributed by atoms with Crippen LogP contribution in [0.1, 0.15) is 17.5 Å². The Morgan fingerprint density at radius 1 is 1.03 bits per heavy atom. The summed E-state index contributed by atoms with van der Waals surface area (Å²) in [5.74, 6) is -3.44. The van der Waals surface area contributed by atoms with Gasteiger partial charge >= 0.3 is 5.97 Å². The van der Waals surface area contributed by atoms with Gasteiger partial charge in [0.05, 0.1) is 22.6 Å². The van der Waals surface area contributed by atoms with Crippen molar-refractivity contribution in [1.82, 2.24) is 4.90 Å². The highest BCUT2D eigenvalue weighted by atomic mass is 35.5. The van der Waals surface area contributed by atoms with Crippen molar-refractivity contribution in [3.05, 3.63) is 29.3 Å². The molecule has 3 amide bonds. The molecule has 2 bridgehead atoms. The molecule has 0 radical (unpaired) electrons. The number of likely N-dealkylation sites (tertiary alicyclic amines) is 1. The maximum absolute atomic E-state index is 12.7. The van der Waals surface area contributed by atoms with Crippen molar-refractivity contribution in [2.45, 2.75) is 31.0 Å². The minimum absolute atomic E-state index is 0.148. The Bertz CT molecular complexity index is 884. The number of hydrogen-bond donors (Lipinski definition) is 1. The number of hydrogen-bond acceptors (Lipinski definition) is 5. The maximum Gasteiger partial charge on any atom is 0.326 e. The number of nitrogens with one attached hydrogen (secondary N) is 1. The first-order valence-electron chi connectivity index (χ1n) is 9.84. The minimum atomic E-state index is -0.815. The lowest BCUT2D eigenvalue weighted by atomic mass is 9.80. The van der Waals surface area contributed by atoms with E-state index in [9.17, 15) is 19.2 Å². The van der Waals surface area contributed by atoms with Crippen LogP contribution in [-0.2, 0) is 23.9 Å². The monoisotopic (exact) mass is 452 g/mol. The lowest BCUT2D eigenvalue weighted by Crippen LogP contribution is -2.38. The fraction of sp³-hybridized carbons (Fsp3) is 0.524. The fourth-order valence-corrected chi connectivity index (χ4v) is 6.02. The van der Waals surface area contributed by atoms with Gasteiger partial charge in [-0.1, -0.05) is 6.07 Å². The Labute approximate surface area is 184 Å². The molecule has 0 spiro atoms. The van der Waals surface area contributed by atoms with Gasteiger partial charge in [0.15, 0.2) is 6.61 Å². The number of nitrogens with zero attached hydrogens (tertiary/aromatic N) is 1. The molecule has 1 saturated heterocycles. The number of carbonyl (C=O) groups excluding carboxylic acids is 4. The van der Waals surface area contributed by atoms with E-state index in [0.717, 1.165) is 16.0 Å². The highest BCUT2D eigenvalue weighted by Crippen LogP contribution is 2.59. The van der Waals surface area contributed by atoms with Crippen molar-refractivity contribution in [2.75, 3.05) is 18.5 Å². The summed E-state index contributed by atoms with van der Waals surface area (Å²) in [6, 6.07) is 5.57. The quantitative estimate of drug-likeness (QED) is 0.420. The Morgan fingerprint density at radius 3 is 2.10 bits per heavy atom. The molecule has 1 heterocycles. The number of benzene rings is 1. The number of rotatable bonds is 5. The summed E-state index contributed by atoms with van der Waals surface area (Å²) in [4.78, 5) is 50.6. The Hall–Kier alpha value is -2.12. The van der Waals surface area contributed by atoms with Crippen LogP contribution in [0.5, 0.6) is 0 Å². The van der Waals surface area contributed by atoms with Gasteiger partial charge in [0.2, 0.25) is 11.8 Å². The zero-order valence-corrected chi connectivity index (χ0v) is 18.1. The van der Waals surface area contributed by atoms with Crippen LogP contribution in [0.15, 0.2) is 18.2 Å². The Kier molecular flexibility index (Phi) is 5.53. The molecule has 2 aliphatic carbocycles. The minimum Gasteiger partial charge on any atom is -0.454 e. The van der Waals surface area contributed by atoms with E-state index < -0.39 is 48.7 Å². The van der Waals surface area contributed by atoms with Crippen LogP contribution in [0.25, 0.3) is 0 Å². The number of alkyl halides is 2. The van der Waals surface area contributed by atoms with Gasteiger partial charge < -0.3 is 10.1 Å². The molecule has 7 nitrogen and oxygen atoms in total. The second-order valence-electron chi connectivity index (χ2n) is 8.35. The van der Waals surface area contributed by atoms with Crippen LogP contribution in [-0.4, -0.2) is 52.5 Å². The first-order valence-corrected chi connectivity index (χ1v) is 10.7. The fourth-order valence-electron chi connectivity index (χ4n) is 5.13. The second-order valence-corrected chi connectivity index (χ2v) is 9.36. The van der Waals surface area contributed by atoms with Crippen molar-refractivity contribution in [3.63, 3.8) is 0 Å². The van der Waals surface area contributed by atoms with E-state index in [2.05, 4.69) is 5.32 Å². The highest BCUT2D eigenvalue weighted by molar-refractivity contribution is 6.31. The van der Waals surface area contributed by atoms with Gasteiger partial charge in [-0.05, 0) is 55.4 Å². The molecule has 0 aromatic heterocycles. The molecular formula is C21H22Cl2N2O5. The van der Waals surface area contributed by atoms with Gasteiger partial charge in [-0.3, -0.25) is 24.1 Å². The summed E-state index contributed by atoms with van der Waals surface area (Å²) < 4.78 is 4.98. The molecule has 6 atom stereocenters. The molecule has 3 aliphatic rings. The van der Waals surface area contributed by atoms with Gasteiger partial charge in [-0.15, -0.1) is 23.2 Å². The summed E-state index contributed by atoms with van der Waals surface area (Å²) in [6.07, 6.45) is 0.659. The molecule has 1 N–H and O–H groups in total. The van der Waals surface area contributed by atoms with Crippen molar-refractivity contribution in [3.8, 4) is 0 Å². The predicted molar refractivity (Wildman–Crippen MR) is 110 cm³/mol. The van der Waals surface area contributed by atoms with E-state index in [1.165, 1.54) is 0 Å². The second kappa shape index (κ2) is 7.85. The zero-order chi connectivity index (χ0) is 21.7. The average molecular weight is 453 g/mol. The van der Waals surface area contributed by atoms with Crippen LogP contribution in [0.2, 0.25) is 0 Å². The summed E-state index contributed by atoms with van der Waals surface area (Å²) >= 11 is 12.6. The molecule has 0 unspecified atom stereocenters. The first-order chi connectivity index (χ1) is 14.2. The third-order valence-corrected chi connectivity index (χ3v) is 7.55. The van der Waals surface area contributed by atoms with E-state index >= 15 is 0 Å². The summed E-state index contributed by atoms with van der Waals surface area (Å²) in [5.41, 5.74) is 2.59. The smallest absolute Gasteiger partial charge is 0.326 e. The molecule has 1 aliphatic heterocycles. The van der Waals surface area contributed by atoms with E-state index in [1.807, 2.05) is 19.9 Å². The number of ether oxygens (including phenoxy) is 1. The van der Waals surface area contributed by atoms with E-state index in [1.54, 1.807) is 12.1 Å². The number of imide groups is 1. The lowest BCUT2D eigenvalue weighted by Gasteiger charge is -2.28. The van der Waals surface area contributed by atoms with Crippen molar-refractivity contribution in [2.24, 2.45) is 23.7 Å². The summed E-state index contributed by atoms with van der Waals surface area (Å²) in [7, 11) is 0. The molecule has 160 valence electrons. The average Bonchev–Trinajstić information content (AvgIpc) is 3.26. The standard InChI is InChI=1S/C21H22Cl2N2O5/c1-9-3-10(2)5-11(4-9)24-14(26)8-30-15(27)7-25-20(28)16-12-6-13(17(16)21(25)29)19(23)18(12)22/h3-5,12-13,16-19H,6-8H2,1-2H3,(H,24,26)/t12-,13-,16-,17+,18-,19+/m1/s1. The third kappa shape index (κ3) is 3.58. The Morgan fingerprint density at radius 2 is 1.57 bits per heavy atom. The lowest BCUT2D eigenvalue weighted by molar-refractivity contribution is -0.154. The topological polar surface area (TPSA) is 92.8 Å². The van der Waals surface area contributed by atoms with Gasteiger partial charge in [-0.2, -0.15) is 0 Å². The summed E-state index contributed by atoms with van der Waals surface area (Å²) in [5, 5.41) is 1.96. The number of amides is 3. The molecule has 30 heavy (non-hydrogen) atoms. The van der Waals surface area contributed by atoms with E-state index in [0.29, 0.717) is 12.1 Å². The van der Waals surface area contributed by atoms with E-state index in [4.69, 9.17) is 27.9 Å². The van der Waals surface area contributed by atoms with Gasteiger partial charge in [-0.25, -0.2) is 0 Å². The molecule has 4 rings (SSSR count). The van der Waals surface area contributed by atoms with Crippen molar-refractivity contribution < 1.29 is 23.9 Å². The molecule has 9 heteroatoms. The molecular weight excluding hydrogens is 431 g/mol. The van der Waals surface area contributed by atoms with Crippen LogP contribution < -0.4 is 5.32 Å². The van der Waals surface area contributed by atoms with Crippen LogP contribution in [0, 0.1) is 37.5 Å². The van der Waals surface area contributed by atoms with Crippen LogP contribution in [0.4, 0.5) is 5.69 Å². The molecule has 3 fully saturated rings. The van der Waals surface area contributed by atoms with E-state index in [-0.39, 0.29) is 22.6 Å². The van der Waals surface area contributed by atoms with Crippen LogP contribution >= 0.6 is 23.2 Å². The van der Waals surface area contributed by atoms with Crippen molar-refractivity contribution >= 4 is 52.6 Å². The van der Waals surface area contributed by atoms with Gasteiger partial charge in [0, 0.05) is 5.69 Å². The third-order valence-electron chi connectivity index (χ3n) is 6.24. The number of halogens is 2. The maximum atomic E-state index is 12.7. The van der Waals surface area contributed by atoms with Gasteiger partial charge in [0.25, 0.3) is 5.91 Å².